The second kappa shape index (κ2) is 7.65. The lowest BCUT2D eigenvalue weighted by molar-refractivity contribution is -0.134. The standard InChI is InChI=1S/C17H15ClN4O4S3/c18-11-2-1-10-5-16(28-13(10)6-11)29(25,26)22-4-3-21(15(23)8-22)7-14-20-12(9-27-14)17(19)24/h1-2,5-6,9H,3-4,7-8H2,(H2,19,24). The molecule has 2 amide bonds. The van der Waals surface area contributed by atoms with Gasteiger partial charge in [-0.2, -0.15) is 4.31 Å². The molecule has 0 bridgehead atoms. The van der Waals surface area contributed by atoms with Crippen molar-refractivity contribution in [3.63, 3.8) is 0 Å². The molecule has 0 unspecified atom stereocenters. The van der Waals surface area contributed by atoms with E-state index in [2.05, 4.69) is 4.98 Å². The van der Waals surface area contributed by atoms with Crippen molar-refractivity contribution >= 4 is 66.2 Å². The zero-order valence-electron chi connectivity index (χ0n) is 14.9. The van der Waals surface area contributed by atoms with Crippen LogP contribution in [0.1, 0.15) is 15.5 Å². The third-order valence-corrected chi connectivity index (χ3v) is 8.93. The number of nitrogens with two attached hydrogens (primary N) is 1. The van der Waals surface area contributed by atoms with Crippen molar-refractivity contribution < 1.29 is 18.0 Å². The Labute approximate surface area is 179 Å². The number of thiophene rings is 1. The van der Waals surface area contributed by atoms with E-state index < -0.39 is 15.9 Å². The lowest BCUT2D eigenvalue weighted by Crippen LogP contribution is -2.51. The number of hydrogen-bond donors (Lipinski definition) is 1. The molecule has 2 aromatic heterocycles. The van der Waals surface area contributed by atoms with Gasteiger partial charge in [0, 0.05) is 28.2 Å². The second-order valence-corrected chi connectivity index (χ2v) is 11.0. The Bertz CT molecular complexity index is 1220. The predicted octanol–water partition coefficient (Wildman–Crippen LogP) is 2.14. The largest absolute Gasteiger partial charge is 0.364 e. The van der Waals surface area contributed by atoms with Crippen molar-refractivity contribution in [2.75, 3.05) is 19.6 Å². The van der Waals surface area contributed by atoms with E-state index >= 15 is 0 Å². The summed E-state index contributed by atoms with van der Waals surface area (Å²) in [5, 5.41) is 3.44. The number of carbonyl (C=O) groups is 2. The van der Waals surface area contributed by atoms with Gasteiger partial charge in [-0.05, 0) is 23.6 Å². The topological polar surface area (TPSA) is 114 Å². The molecule has 1 aliphatic heterocycles. The van der Waals surface area contributed by atoms with E-state index in [1.165, 1.54) is 25.9 Å². The van der Waals surface area contributed by atoms with Gasteiger partial charge in [-0.3, -0.25) is 9.59 Å². The number of fused-ring (bicyclic) bond motifs is 1. The molecule has 0 aliphatic carbocycles. The van der Waals surface area contributed by atoms with Crippen LogP contribution in [0.4, 0.5) is 0 Å². The van der Waals surface area contributed by atoms with Crippen LogP contribution in [0.2, 0.25) is 5.02 Å². The van der Waals surface area contributed by atoms with Crippen LogP contribution in [0.3, 0.4) is 0 Å². The number of sulfonamides is 1. The number of piperazine rings is 1. The molecule has 3 heterocycles. The van der Waals surface area contributed by atoms with E-state index in [0.29, 0.717) is 10.0 Å². The summed E-state index contributed by atoms with van der Waals surface area (Å²) in [7, 11) is -3.79. The minimum absolute atomic E-state index is 0.156. The Morgan fingerprint density at radius 2 is 2.07 bits per heavy atom. The zero-order chi connectivity index (χ0) is 20.8. The van der Waals surface area contributed by atoms with Crippen molar-refractivity contribution in [2.24, 2.45) is 5.73 Å². The van der Waals surface area contributed by atoms with Gasteiger partial charge >= 0.3 is 0 Å². The van der Waals surface area contributed by atoms with Crippen LogP contribution >= 0.6 is 34.3 Å². The fourth-order valence-electron chi connectivity index (χ4n) is 2.95. The highest BCUT2D eigenvalue weighted by Gasteiger charge is 2.34. The van der Waals surface area contributed by atoms with Crippen molar-refractivity contribution in [1.29, 1.82) is 0 Å². The van der Waals surface area contributed by atoms with Crippen LogP contribution in [0.15, 0.2) is 33.9 Å². The number of benzene rings is 1. The lowest BCUT2D eigenvalue weighted by atomic mass is 10.3. The molecule has 3 aromatic rings. The summed E-state index contributed by atoms with van der Waals surface area (Å²) in [6.45, 7) is 0.384. The molecular weight excluding hydrogens is 456 g/mol. The van der Waals surface area contributed by atoms with Crippen LogP contribution in [0.5, 0.6) is 0 Å². The quantitative estimate of drug-likeness (QED) is 0.613. The first-order chi connectivity index (χ1) is 13.7. The first-order valence-corrected chi connectivity index (χ1v) is 12.0. The normalized spacial score (nSPS) is 15.9. The predicted molar refractivity (Wildman–Crippen MR) is 112 cm³/mol. The van der Waals surface area contributed by atoms with Crippen molar-refractivity contribution in [3.05, 3.63) is 45.4 Å². The SMILES string of the molecule is NC(=O)c1csc(CN2CCN(S(=O)(=O)c3cc4ccc(Cl)cc4s3)CC2=O)n1. The van der Waals surface area contributed by atoms with Crippen molar-refractivity contribution in [1.82, 2.24) is 14.2 Å². The average molecular weight is 471 g/mol. The number of hydrogen-bond acceptors (Lipinski definition) is 7. The number of thiazole rings is 1. The van der Waals surface area contributed by atoms with E-state index in [9.17, 15) is 18.0 Å². The number of carbonyl (C=O) groups excluding carboxylic acids is 2. The summed E-state index contributed by atoms with van der Waals surface area (Å²) in [4.78, 5) is 29.3. The lowest BCUT2D eigenvalue weighted by Gasteiger charge is -2.32. The molecule has 152 valence electrons. The summed E-state index contributed by atoms with van der Waals surface area (Å²) in [6.07, 6.45) is 0. The van der Waals surface area contributed by atoms with Crippen LogP contribution in [-0.2, 0) is 21.4 Å². The Morgan fingerprint density at radius 3 is 2.76 bits per heavy atom. The molecule has 1 saturated heterocycles. The minimum Gasteiger partial charge on any atom is -0.364 e. The van der Waals surface area contributed by atoms with Crippen molar-refractivity contribution in [3.8, 4) is 0 Å². The highest BCUT2D eigenvalue weighted by atomic mass is 35.5. The first kappa shape index (κ1) is 20.2. The average Bonchev–Trinajstić information content (AvgIpc) is 3.30. The molecule has 29 heavy (non-hydrogen) atoms. The molecule has 0 atom stereocenters. The van der Waals surface area contributed by atoms with Gasteiger partial charge in [0.1, 0.15) is 14.9 Å². The third-order valence-electron chi connectivity index (χ3n) is 4.47. The molecule has 12 heteroatoms. The number of primary amides is 1. The third kappa shape index (κ3) is 4.01. The van der Waals surface area contributed by atoms with Gasteiger partial charge in [0.2, 0.25) is 5.91 Å². The van der Waals surface area contributed by atoms with Crippen LogP contribution in [-0.4, -0.2) is 54.1 Å². The number of rotatable bonds is 5. The van der Waals surface area contributed by atoms with Crippen LogP contribution < -0.4 is 5.73 Å². The molecule has 0 radical (unpaired) electrons. The number of nitrogens with zero attached hydrogens (tertiary/aromatic N) is 3. The molecule has 1 aromatic carbocycles. The summed E-state index contributed by atoms with van der Waals surface area (Å²) >= 11 is 8.34. The van der Waals surface area contributed by atoms with Crippen LogP contribution in [0, 0.1) is 0 Å². The fourth-order valence-corrected chi connectivity index (χ4v) is 6.96. The van der Waals surface area contributed by atoms with Gasteiger partial charge in [-0.25, -0.2) is 13.4 Å². The Balaban J connectivity index is 1.49. The molecule has 2 N–H and O–H groups in total. The summed E-state index contributed by atoms with van der Waals surface area (Å²) in [6, 6.07) is 6.80. The van der Waals surface area contributed by atoms with E-state index in [4.69, 9.17) is 17.3 Å². The van der Waals surface area contributed by atoms with E-state index in [1.807, 2.05) is 0 Å². The molecule has 0 saturated carbocycles. The smallest absolute Gasteiger partial charge is 0.268 e. The molecule has 1 fully saturated rings. The Kier molecular flexibility index (Phi) is 5.34. The second-order valence-electron chi connectivity index (χ2n) is 6.39. The first-order valence-electron chi connectivity index (χ1n) is 8.45. The van der Waals surface area contributed by atoms with E-state index in [-0.39, 0.29) is 42.0 Å². The Hall–Kier alpha value is -2.05. The van der Waals surface area contributed by atoms with Gasteiger partial charge in [0.05, 0.1) is 13.1 Å². The van der Waals surface area contributed by atoms with Gasteiger partial charge in [-0.15, -0.1) is 22.7 Å². The maximum atomic E-state index is 13.0. The monoisotopic (exact) mass is 470 g/mol. The molecule has 0 spiro atoms. The molecule has 8 nitrogen and oxygen atoms in total. The molecule has 4 rings (SSSR count). The number of halogens is 1. The highest BCUT2D eigenvalue weighted by Crippen LogP contribution is 2.33. The van der Waals surface area contributed by atoms with Gasteiger partial charge in [0.25, 0.3) is 15.9 Å². The summed E-state index contributed by atoms with van der Waals surface area (Å²) < 4.78 is 28.1. The van der Waals surface area contributed by atoms with Gasteiger partial charge in [-0.1, -0.05) is 17.7 Å². The maximum Gasteiger partial charge on any atom is 0.268 e. The molecular formula is C17H15ClN4O4S3. The van der Waals surface area contributed by atoms with Crippen molar-refractivity contribution in [2.45, 2.75) is 10.8 Å². The molecule has 1 aliphatic rings. The summed E-state index contributed by atoms with van der Waals surface area (Å²) in [5.41, 5.74) is 5.35. The number of amides is 2. The Morgan fingerprint density at radius 1 is 1.28 bits per heavy atom. The van der Waals surface area contributed by atoms with Gasteiger partial charge in [0.15, 0.2) is 0 Å². The van der Waals surface area contributed by atoms with E-state index in [0.717, 1.165) is 21.4 Å². The van der Waals surface area contributed by atoms with Crippen LogP contribution in [0.25, 0.3) is 10.1 Å². The summed E-state index contributed by atoms with van der Waals surface area (Å²) in [5.74, 6) is -0.945. The van der Waals surface area contributed by atoms with E-state index in [1.54, 1.807) is 24.3 Å². The highest BCUT2D eigenvalue weighted by molar-refractivity contribution is 7.91. The maximum absolute atomic E-state index is 13.0. The zero-order valence-corrected chi connectivity index (χ0v) is 18.1. The fraction of sp³-hybridized carbons (Fsp3) is 0.235. The number of aromatic nitrogens is 1. The minimum atomic E-state index is -3.79. The van der Waals surface area contributed by atoms with Gasteiger partial charge < -0.3 is 10.6 Å².